The van der Waals surface area contributed by atoms with E-state index >= 15 is 0 Å². The number of aromatic nitrogens is 2. The zero-order chi connectivity index (χ0) is 10.7. The van der Waals surface area contributed by atoms with E-state index in [1.54, 1.807) is 0 Å². The lowest BCUT2D eigenvalue weighted by Gasteiger charge is -2.21. The molecule has 2 heterocycles. The molecule has 0 spiro atoms. The van der Waals surface area contributed by atoms with Gasteiger partial charge in [0.1, 0.15) is 11.1 Å². The van der Waals surface area contributed by atoms with Gasteiger partial charge >= 0.3 is 0 Å². The van der Waals surface area contributed by atoms with Crippen molar-refractivity contribution in [2.75, 3.05) is 25.0 Å². The average Bonchev–Trinajstić information content (AvgIpc) is 2.65. The molecule has 6 nitrogen and oxygen atoms in total. The molecular formula is C8H13ClN4O2S. The van der Waals surface area contributed by atoms with Crippen LogP contribution < -0.4 is 10.6 Å². The summed E-state index contributed by atoms with van der Waals surface area (Å²) in [7, 11) is 0. The molecule has 90 valence electrons. The van der Waals surface area contributed by atoms with Crippen LogP contribution >= 0.6 is 23.7 Å². The van der Waals surface area contributed by atoms with Gasteiger partial charge in [-0.15, -0.1) is 22.6 Å². The van der Waals surface area contributed by atoms with E-state index in [0.717, 1.165) is 11.6 Å². The Hall–Kier alpha value is -0.760. The molecule has 0 aromatic carbocycles. The van der Waals surface area contributed by atoms with Crippen LogP contribution in [0.5, 0.6) is 0 Å². The van der Waals surface area contributed by atoms with Crippen molar-refractivity contribution in [1.82, 2.24) is 15.5 Å². The number of rotatable bonds is 2. The number of carbonyl (C=O) groups excluding carboxylic acids is 1. The van der Waals surface area contributed by atoms with Crippen molar-refractivity contribution in [2.24, 2.45) is 0 Å². The van der Waals surface area contributed by atoms with Gasteiger partial charge in [0, 0.05) is 13.1 Å². The van der Waals surface area contributed by atoms with E-state index in [-0.39, 0.29) is 18.3 Å². The summed E-state index contributed by atoms with van der Waals surface area (Å²) in [6.07, 6.45) is -0.428. The first kappa shape index (κ1) is 13.3. The van der Waals surface area contributed by atoms with Crippen LogP contribution in [0.15, 0.2) is 0 Å². The SMILES string of the molecule is Cc1nnc(NC(=O)[C@@H]2CNCCO2)s1.Cl. The summed E-state index contributed by atoms with van der Waals surface area (Å²) in [5.74, 6) is -0.168. The molecule has 1 aromatic rings. The van der Waals surface area contributed by atoms with Gasteiger partial charge in [-0.25, -0.2) is 0 Å². The number of hydrogen-bond donors (Lipinski definition) is 2. The maximum atomic E-state index is 11.6. The summed E-state index contributed by atoms with van der Waals surface area (Å²) in [6.45, 7) is 3.74. The van der Waals surface area contributed by atoms with Crippen molar-refractivity contribution in [1.29, 1.82) is 0 Å². The van der Waals surface area contributed by atoms with E-state index in [1.807, 2.05) is 6.92 Å². The number of aryl methyl sites for hydroxylation is 1. The maximum Gasteiger partial charge on any atom is 0.256 e. The Morgan fingerprint density at radius 3 is 3.00 bits per heavy atom. The molecule has 1 atom stereocenters. The molecule has 0 saturated carbocycles. The van der Waals surface area contributed by atoms with Gasteiger partial charge in [-0.3, -0.25) is 10.1 Å². The van der Waals surface area contributed by atoms with E-state index in [1.165, 1.54) is 11.3 Å². The number of nitrogens with one attached hydrogen (secondary N) is 2. The number of halogens is 1. The number of nitrogens with zero attached hydrogens (tertiary/aromatic N) is 2. The zero-order valence-corrected chi connectivity index (χ0v) is 10.4. The van der Waals surface area contributed by atoms with Gasteiger partial charge in [0.25, 0.3) is 5.91 Å². The monoisotopic (exact) mass is 264 g/mol. The third-order valence-corrected chi connectivity index (χ3v) is 2.73. The molecule has 0 bridgehead atoms. The lowest BCUT2D eigenvalue weighted by molar-refractivity contribution is -0.128. The summed E-state index contributed by atoms with van der Waals surface area (Å²) in [4.78, 5) is 11.6. The fourth-order valence-corrected chi connectivity index (χ4v) is 1.86. The first-order valence-electron chi connectivity index (χ1n) is 4.69. The largest absolute Gasteiger partial charge is 0.366 e. The number of amides is 1. The van der Waals surface area contributed by atoms with Crippen LogP contribution in [0.1, 0.15) is 5.01 Å². The quantitative estimate of drug-likeness (QED) is 0.798. The Morgan fingerprint density at radius 2 is 2.44 bits per heavy atom. The molecule has 0 aliphatic carbocycles. The Morgan fingerprint density at radius 1 is 1.62 bits per heavy atom. The topological polar surface area (TPSA) is 76.1 Å². The molecule has 2 rings (SSSR count). The second-order valence-corrected chi connectivity index (χ2v) is 4.36. The van der Waals surface area contributed by atoms with E-state index in [2.05, 4.69) is 20.8 Å². The van der Waals surface area contributed by atoms with Gasteiger partial charge in [0.05, 0.1) is 6.61 Å². The summed E-state index contributed by atoms with van der Waals surface area (Å²) < 4.78 is 5.30. The summed E-state index contributed by atoms with van der Waals surface area (Å²) in [5, 5.41) is 14.7. The van der Waals surface area contributed by atoms with Crippen molar-refractivity contribution in [3.63, 3.8) is 0 Å². The Labute approximate surface area is 103 Å². The van der Waals surface area contributed by atoms with Gasteiger partial charge in [-0.05, 0) is 6.92 Å². The molecule has 1 amide bonds. The summed E-state index contributed by atoms with van der Waals surface area (Å²) in [6, 6.07) is 0. The highest BCUT2D eigenvalue weighted by Gasteiger charge is 2.22. The number of anilines is 1. The molecule has 1 aromatic heterocycles. The molecular weight excluding hydrogens is 252 g/mol. The first-order chi connectivity index (χ1) is 7.25. The minimum atomic E-state index is -0.428. The van der Waals surface area contributed by atoms with Gasteiger partial charge in [-0.1, -0.05) is 11.3 Å². The number of carbonyl (C=O) groups is 1. The molecule has 0 radical (unpaired) electrons. The van der Waals surface area contributed by atoms with Crippen LogP contribution in [-0.4, -0.2) is 41.9 Å². The highest BCUT2D eigenvalue weighted by molar-refractivity contribution is 7.15. The predicted molar refractivity (Wildman–Crippen MR) is 63.1 cm³/mol. The second-order valence-electron chi connectivity index (χ2n) is 3.18. The molecule has 0 unspecified atom stereocenters. The highest BCUT2D eigenvalue weighted by Crippen LogP contribution is 2.14. The fourth-order valence-electron chi connectivity index (χ4n) is 1.27. The molecule has 1 fully saturated rings. The fraction of sp³-hybridized carbons (Fsp3) is 0.625. The van der Waals surface area contributed by atoms with E-state index in [4.69, 9.17) is 4.74 Å². The molecule has 16 heavy (non-hydrogen) atoms. The lowest BCUT2D eigenvalue weighted by atomic mass is 10.3. The minimum absolute atomic E-state index is 0. The van der Waals surface area contributed by atoms with Crippen LogP contribution in [0, 0.1) is 6.92 Å². The predicted octanol–water partition coefficient (Wildman–Crippen LogP) is 0.195. The van der Waals surface area contributed by atoms with Crippen LogP contribution in [-0.2, 0) is 9.53 Å². The number of morpholine rings is 1. The molecule has 1 aliphatic heterocycles. The number of hydrogen-bond acceptors (Lipinski definition) is 6. The van der Waals surface area contributed by atoms with Crippen LogP contribution in [0.2, 0.25) is 0 Å². The van der Waals surface area contributed by atoms with Gasteiger partial charge < -0.3 is 10.1 Å². The third-order valence-electron chi connectivity index (χ3n) is 1.98. The zero-order valence-electron chi connectivity index (χ0n) is 8.73. The number of ether oxygens (including phenoxy) is 1. The standard InChI is InChI=1S/C8H12N4O2S.ClH/c1-5-11-12-8(15-5)10-7(13)6-4-9-2-3-14-6;/h6,9H,2-4H2,1H3,(H,10,12,13);1H/t6-;/m0./s1. The van der Waals surface area contributed by atoms with Gasteiger partial charge in [0.15, 0.2) is 0 Å². The average molecular weight is 265 g/mol. The molecule has 2 N–H and O–H groups in total. The van der Waals surface area contributed by atoms with E-state index in [0.29, 0.717) is 18.3 Å². The van der Waals surface area contributed by atoms with Crippen molar-refractivity contribution >= 4 is 34.8 Å². The van der Waals surface area contributed by atoms with Crippen molar-refractivity contribution in [3.8, 4) is 0 Å². The Balaban J connectivity index is 0.00000128. The normalized spacial score (nSPS) is 19.9. The van der Waals surface area contributed by atoms with E-state index < -0.39 is 6.10 Å². The summed E-state index contributed by atoms with van der Waals surface area (Å²) in [5.41, 5.74) is 0. The van der Waals surface area contributed by atoms with Crippen molar-refractivity contribution in [3.05, 3.63) is 5.01 Å². The van der Waals surface area contributed by atoms with Crippen molar-refractivity contribution < 1.29 is 9.53 Å². The third kappa shape index (κ3) is 3.38. The highest BCUT2D eigenvalue weighted by atomic mass is 35.5. The maximum absolute atomic E-state index is 11.6. The lowest BCUT2D eigenvalue weighted by Crippen LogP contribution is -2.45. The molecule has 8 heteroatoms. The van der Waals surface area contributed by atoms with Crippen molar-refractivity contribution in [2.45, 2.75) is 13.0 Å². The van der Waals surface area contributed by atoms with Crippen LogP contribution in [0.3, 0.4) is 0 Å². The molecule has 1 saturated heterocycles. The molecule has 1 aliphatic rings. The van der Waals surface area contributed by atoms with Crippen LogP contribution in [0.4, 0.5) is 5.13 Å². The van der Waals surface area contributed by atoms with E-state index in [9.17, 15) is 4.79 Å². The second kappa shape index (κ2) is 6.09. The first-order valence-corrected chi connectivity index (χ1v) is 5.50. The summed E-state index contributed by atoms with van der Waals surface area (Å²) >= 11 is 1.35. The van der Waals surface area contributed by atoms with Crippen LogP contribution in [0.25, 0.3) is 0 Å². The van der Waals surface area contributed by atoms with Gasteiger partial charge in [0.2, 0.25) is 5.13 Å². The smallest absolute Gasteiger partial charge is 0.256 e. The minimum Gasteiger partial charge on any atom is -0.366 e. The Kier molecular flexibility index (Phi) is 5.07. The Bertz CT molecular complexity index is 354. The van der Waals surface area contributed by atoms with Gasteiger partial charge in [-0.2, -0.15) is 0 Å².